The number of hydrogen-bond donors (Lipinski definition) is 1. The van der Waals surface area contributed by atoms with E-state index in [1.165, 1.54) is 24.9 Å². The Morgan fingerprint density at radius 2 is 1.77 bits per heavy atom. The van der Waals surface area contributed by atoms with E-state index in [4.69, 9.17) is 0 Å². The van der Waals surface area contributed by atoms with Gasteiger partial charge in [0.2, 0.25) is 0 Å². The Morgan fingerprint density at radius 1 is 1.14 bits per heavy atom. The van der Waals surface area contributed by atoms with Crippen molar-refractivity contribution in [2.45, 2.75) is 51.4 Å². The Kier molecular flexibility index (Phi) is 6.24. The lowest BCUT2D eigenvalue weighted by molar-refractivity contribution is 0.0725. The molecule has 0 saturated carbocycles. The standard InChI is InChI=1S/C19H33NOSi/c1-19(2,22(3)4)11-17-10-18(15-21)14-20(13-17)12-16-8-6-5-7-9-16/h5-9,17-18,21-22H,10-15H2,1-4H3/t17?,18-/m0/s1. The van der Waals surface area contributed by atoms with Gasteiger partial charge in [-0.05, 0) is 35.3 Å². The van der Waals surface area contributed by atoms with E-state index >= 15 is 0 Å². The number of rotatable bonds is 6. The van der Waals surface area contributed by atoms with Crippen LogP contribution in [0.15, 0.2) is 30.3 Å². The summed E-state index contributed by atoms with van der Waals surface area (Å²) in [5, 5.41) is 10.2. The van der Waals surface area contributed by atoms with Gasteiger partial charge >= 0.3 is 0 Å². The van der Waals surface area contributed by atoms with Gasteiger partial charge in [-0.15, -0.1) is 0 Å². The Morgan fingerprint density at radius 3 is 2.36 bits per heavy atom. The quantitative estimate of drug-likeness (QED) is 0.807. The van der Waals surface area contributed by atoms with E-state index in [0.717, 1.165) is 19.0 Å². The van der Waals surface area contributed by atoms with Gasteiger partial charge in [0.15, 0.2) is 0 Å². The number of benzene rings is 1. The van der Waals surface area contributed by atoms with Gasteiger partial charge in [0.1, 0.15) is 0 Å². The van der Waals surface area contributed by atoms with Crippen molar-refractivity contribution in [2.24, 2.45) is 11.8 Å². The molecule has 0 bridgehead atoms. The molecule has 0 aliphatic carbocycles. The van der Waals surface area contributed by atoms with Gasteiger partial charge in [0.25, 0.3) is 0 Å². The van der Waals surface area contributed by atoms with Crippen molar-refractivity contribution >= 4 is 8.80 Å². The molecule has 0 aromatic heterocycles. The van der Waals surface area contributed by atoms with Gasteiger partial charge in [0, 0.05) is 35.0 Å². The van der Waals surface area contributed by atoms with Gasteiger partial charge in [0.05, 0.1) is 0 Å². The number of piperidine rings is 1. The molecule has 1 saturated heterocycles. The van der Waals surface area contributed by atoms with Crippen LogP contribution in [0, 0.1) is 11.8 Å². The zero-order valence-corrected chi connectivity index (χ0v) is 15.9. The van der Waals surface area contributed by atoms with Crippen LogP contribution < -0.4 is 0 Å². The summed E-state index contributed by atoms with van der Waals surface area (Å²) < 4.78 is 0. The third-order valence-electron chi connectivity index (χ3n) is 5.58. The Labute approximate surface area is 138 Å². The second-order valence-electron chi connectivity index (χ2n) is 8.18. The molecule has 1 unspecified atom stereocenters. The lowest BCUT2D eigenvalue weighted by Crippen LogP contribution is -2.42. The molecule has 1 aromatic carbocycles. The minimum atomic E-state index is -0.650. The molecule has 3 heteroatoms. The third-order valence-corrected chi connectivity index (χ3v) is 8.95. The largest absolute Gasteiger partial charge is 0.396 e. The fourth-order valence-electron chi connectivity index (χ4n) is 3.66. The third kappa shape index (κ3) is 4.93. The predicted octanol–water partition coefficient (Wildman–Crippen LogP) is 3.77. The minimum absolute atomic E-state index is 0.335. The number of aliphatic hydroxyl groups is 1. The average molecular weight is 320 g/mol. The normalized spacial score (nSPS) is 23.9. The Balaban J connectivity index is 2.00. The summed E-state index contributed by atoms with van der Waals surface area (Å²) in [5.41, 5.74) is 1.39. The summed E-state index contributed by atoms with van der Waals surface area (Å²) in [6.45, 7) is 13.4. The highest BCUT2D eigenvalue weighted by Crippen LogP contribution is 2.40. The van der Waals surface area contributed by atoms with Gasteiger partial charge < -0.3 is 5.11 Å². The van der Waals surface area contributed by atoms with Crippen LogP contribution >= 0.6 is 0 Å². The molecule has 22 heavy (non-hydrogen) atoms. The number of hydrogen-bond acceptors (Lipinski definition) is 2. The molecule has 2 atom stereocenters. The van der Waals surface area contributed by atoms with Crippen molar-refractivity contribution in [1.29, 1.82) is 0 Å². The summed E-state index contributed by atoms with van der Waals surface area (Å²) in [6, 6.07) is 10.7. The van der Waals surface area contributed by atoms with E-state index in [0.29, 0.717) is 17.6 Å². The van der Waals surface area contributed by atoms with Gasteiger partial charge in [-0.2, -0.15) is 0 Å². The zero-order chi connectivity index (χ0) is 16.2. The number of aliphatic hydroxyl groups excluding tert-OH is 1. The maximum Gasteiger partial charge on any atom is 0.0471 e. The molecule has 1 N–H and O–H groups in total. The summed E-state index contributed by atoms with van der Waals surface area (Å²) in [4.78, 5) is 2.56. The van der Waals surface area contributed by atoms with Gasteiger partial charge in [-0.1, -0.05) is 57.3 Å². The molecule has 1 aliphatic heterocycles. The van der Waals surface area contributed by atoms with Crippen molar-refractivity contribution in [1.82, 2.24) is 4.90 Å². The van der Waals surface area contributed by atoms with Crippen molar-refractivity contribution in [3.63, 3.8) is 0 Å². The van der Waals surface area contributed by atoms with Crippen LogP contribution in [0.25, 0.3) is 0 Å². The molecule has 0 spiro atoms. The zero-order valence-electron chi connectivity index (χ0n) is 14.8. The Hall–Kier alpha value is -0.643. The van der Waals surface area contributed by atoms with Crippen molar-refractivity contribution in [2.75, 3.05) is 19.7 Å². The van der Waals surface area contributed by atoms with Crippen molar-refractivity contribution in [3.05, 3.63) is 35.9 Å². The first-order valence-electron chi connectivity index (χ1n) is 8.78. The van der Waals surface area contributed by atoms with Crippen LogP contribution in [0.2, 0.25) is 18.1 Å². The van der Waals surface area contributed by atoms with Crippen molar-refractivity contribution < 1.29 is 5.11 Å². The molecule has 2 nitrogen and oxygen atoms in total. The maximum absolute atomic E-state index is 9.68. The van der Waals surface area contributed by atoms with Crippen LogP contribution in [0.3, 0.4) is 0 Å². The highest BCUT2D eigenvalue weighted by atomic mass is 28.3. The SMILES string of the molecule is C[SiH](C)C(C)(C)CC1C[C@H](CO)CN(Cc2ccccc2)C1. The number of nitrogens with zero attached hydrogens (tertiary/aromatic N) is 1. The average Bonchev–Trinajstić information content (AvgIpc) is 2.47. The molecule has 124 valence electrons. The van der Waals surface area contributed by atoms with Crippen LogP contribution in [0.5, 0.6) is 0 Å². The van der Waals surface area contributed by atoms with Gasteiger partial charge in [-0.3, -0.25) is 4.90 Å². The van der Waals surface area contributed by atoms with E-state index in [9.17, 15) is 5.11 Å². The topological polar surface area (TPSA) is 23.5 Å². The summed E-state index contributed by atoms with van der Waals surface area (Å²) in [6.07, 6.45) is 2.52. The molecule has 2 rings (SSSR count). The minimum Gasteiger partial charge on any atom is -0.396 e. The lowest BCUT2D eigenvalue weighted by Gasteiger charge is -2.41. The highest BCUT2D eigenvalue weighted by molar-refractivity contribution is 6.59. The predicted molar refractivity (Wildman–Crippen MR) is 97.9 cm³/mol. The molecule has 1 fully saturated rings. The lowest BCUT2D eigenvalue weighted by atomic mass is 9.84. The summed E-state index contributed by atoms with van der Waals surface area (Å²) >= 11 is 0. The second-order valence-corrected chi connectivity index (χ2v) is 12.0. The molecular formula is C19H33NOSi. The van der Waals surface area contributed by atoms with E-state index in [2.05, 4.69) is 62.2 Å². The first-order chi connectivity index (χ1) is 10.4. The van der Waals surface area contributed by atoms with E-state index in [1.54, 1.807) is 0 Å². The van der Waals surface area contributed by atoms with Crippen molar-refractivity contribution in [3.8, 4) is 0 Å². The molecular weight excluding hydrogens is 286 g/mol. The monoisotopic (exact) mass is 319 g/mol. The molecule has 0 radical (unpaired) electrons. The first-order valence-corrected chi connectivity index (χ1v) is 11.7. The van der Waals surface area contributed by atoms with E-state index in [1.807, 2.05) is 0 Å². The fraction of sp³-hybridized carbons (Fsp3) is 0.684. The van der Waals surface area contributed by atoms with Crippen LogP contribution in [0.1, 0.15) is 32.3 Å². The Bertz CT molecular complexity index is 446. The molecule has 0 amide bonds. The highest BCUT2D eigenvalue weighted by Gasteiger charge is 2.33. The summed E-state index contributed by atoms with van der Waals surface area (Å²) in [7, 11) is -0.650. The smallest absolute Gasteiger partial charge is 0.0471 e. The fourth-order valence-corrected chi connectivity index (χ4v) is 4.46. The first kappa shape index (κ1) is 17.7. The molecule has 1 heterocycles. The second kappa shape index (κ2) is 7.76. The van der Waals surface area contributed by atoms with Gasteiger partial charge in [-0.25, -0.2) is 0 Å². The molecule has 1 aromatic rings. The summed E-state index contributed by atoms with van der Waals surface area (Å²) in [5.74, 6) is 1.19. The number of likely N-dealkylation sites (tertiary alicyclic amines) is 1. The maximum atomic E-state index is 9.68. The van der Waals surface area contributed by atoms with E-state index in [-0.39, 0.29) is 0 Å². The van der Waals surface area contributed by atoms with Crippen LogP contribution in [-0.2, 0) is 6.54 Å². The van der Waals surface area contributed by atoms with Crippen LogP contribution in [-0.4, -0.2) is 38.5 Å². The van der Waals surface area contributed by atoms with E-state index < -0.39 is 8.80 Å². The van der Waals surface area contributed by atoms with Crippen LogP contribution in [0.4, 0.5) is 0 Å². The molecule has 1 aliphatic rings.